The van der Waals surface area contributed by atoms with Gasteiger partial charge in [0.25, 0.3) is 0 Å². The van der Waals surface area contributed by atoms with E-state index in [0.29, 0.717) is 33.3 Å². The number of halogens is 2. The highest BCUT2D eigenvalue weighted by atomic mass is 35.5. The first-order valence-electron chi connectivity index (χ1n) is 10.3. The average molecular weight is 472 g/mol. The van der Waals surface area contributed by atoms with Gasteiger partial charge in [-0.1, -0.05) is 60.5 Å². The Morgan fingerprint density at radius 1 is 1.22 bits per heavy atom. The van der Waals surface area contributed by atoms with Crippen LogP contribution in [-0.2, 0) is 19.8 Å². The molecule has 8 heteroatoms. The van der Waals surface area contributed by atoms with E-state index in [1.165, 1.54) is 4.90 Å². The van der Waals surface area contributed by atoms with E-state index in [1.807, 2.05) is 13.0 Å². The number of fused-ring (bicyclic) bond motifs is 2. The van der Waals surface area contributed by atoms with Gasteiger partial charge in [-0.25, -0.2) is 0 Å². The monoisotopic (exact) mass is 471 g/mol. The number of carbonyl (C=O) groups is 3. The summed E-state index contributed by atoms with van der Waals surface area (Å²) in [5, 5.41) is 3.93. The topological polar surface area (TPSA) is 92.5 Å². The second-order valence-electron chi connectivity index (χ2n) is 8.21. The molecule has 166 valence electrons. The highest BCUT2D eigenvalue weighted by molar-refractivity contribution is 6.31. The summed E-state index contributed by atoms with van der Waals surface area (Å²) < 4.78 is 0. The lowest BCUT2D eigenvalue weighted by Crippen LogP contribution is -2.63. The third-order valence-electron chi connectivity index (χ3n) is 6.42. The maximum atomic E-state index is 14.2. The van der Waals surface area contributed by atoms with Crippen molar-refractivity contribution >= 4 is 46.6 Å². The molecule has 0 unspecified atom stereocenters. The zero-order valence-corrected chi connectivity index (χ0v) is 19.0. The number of primary amides is 1. The van der Waals surface area contributed by atoms with Crippen molar-refractivity contribution in [2.24, 2.45) is 5.73 Å². The summed E-state index contributed by atoms with van der Waals surface area (Å²) in [4.78, 5) is 40.3. The van der Waals surface area contributed by atoms with Crippen LogP contribution in [0.5, 0.6) is 0 Å². The van der Waals surface area contributed by atoms with Gasteiger partial charge < -0.3 is 16.0 Å². The molecule has 2 aliphatic heterocycles. The van der Waals surface area contributed by atoms with Gasteiger partial charge in [-0.05, 0) is 41.8 Å². The Hall–Kier alpha value is -2.83. The van der Waals surface area contributed by atoms with E-state index in [0.717, 1.165) is 5.56 Å². The molecule has 3 amide bonds. The maximum Gasteiger partial charge on any atom is 0.241 e. The molecule has 1 saturated heterocycles. The summed E-state index contributed by atoms with van der Waals surface area (Å²) in [7, 11) is 0. The fourth-order valence-corrected chi connectivity index (χ4v) is 5.43. The van der Waals surface area contributed by atoms with Crippen molar-refractivity contribution in [1.82, 2.24) is 5.32 Å². The van der Waals surface area contributed by atoms with E-state index < -0.39 is 23.3 Å². The molecule has 3 atom stereocenters. The van der Waals surface area contributed by atoms with Gasteiger partial charge in [-0.3, -0.25) is 14.4 Å². The van der Waals surface area contributed by atoms with Gasteiger partial charge in [-0.15, -0.1) is 0 Å². The molecule has 0 bridgehead atoms. The van der Waals surface area contributed by atoms with Crippen molar-refractivity contribution in [1.29, 1.82) is 0 Å². The van der Waals surface area contributed by atoms with Crippen molar-refractivity contribution < 1.29 is 14.4 Å². The van der Waals surface area contributed by atoms with E-state index in [4.69, 9.17) is 28.9 Å². The van der Waals surface area contributed by atoms with Crippen LogP contribution in [-0.4, -0.2) is 30.3 Å². The number of nitrogens with two attached hydrogens (primary N) is 1. The van der Waals surface area contributed by atoms with Crippen LogP contribution in [0.2, 0.25) is 10.0 Å². The number of nitrogens with zero attached hydrogens (tertiary/aromatic N) is 1. The molecule has 2 aromatic carbocycles. The number of amides is 3. The molecule has 32 heavy (non-hydrogen) atoms. The molecule has 2 aliphatic rings. The SMILES string of the molecule is C=C(CC)[C@@H]1NC(=O)C[C@H](c2cccc(Cl)c2)[C@@]12C(=O)N(CC(N)=O)c1cc(Cl)ccc12. The van der Waals surface area contributed by atoms with Crippen LogP contribution in [0.15, 0.2) is 54.6 Å². The number of carbonyl (C=O) groups excluding carboxylic acids is 3. The molecule has 1 fully saturated rings. The van der Waals surface area contributed by atoms with E-state index in [-0.39, 0.29) is 24.8 Å². The minimum atomic E-state index is -1.22. The number of benzene rings is 2. The van der Waals surface area contributed by atoms with Gasteiger partial charge in [0, 0.05) is 22.4 Å². The molecule has 3 N–H and O–H groups in total. The fourth-order valence-electron chi connectivity index (χ4n) is 5.07. The largest absolute Gasteiger partial charge is 0.368 e. The van der Waals surface area contributed by atoms with E-state index >= 15 is 0 Å². The van der Waals surface area contributed by atoms with E-state index in [9.17, 15) is 14.4 Å². The Balaban J connectivity index is 2.05. The standard InChI is InChI=1S/C24H23Cl2N3O3/c1-3-13(2)22-24(18(11-21(31)28-22)14-5-4-6-15(25)9-14)17-8-7-16(26)10-19(17)29(23(24)32)12-20(27)30/h4-10,18,22H,2-3,11-12H2,1H3,(H2,27,30)(H,28,31)/t18-,22+,24-/m1/s1. The Morgan fingerprint density at radius 3 is 2.59 bits per heavy atom. The Morgan fingerprint density at radius 2 is 1.94 bits per heavy atom. The summed E-state index contributed by atoms with van der Waals surface area (Å²) in [5.74, 6) is -1.69. The predicted octanol–water partition coefficient (Wildman–Crippen LogP) is 3.70. The second kappa shape index (κ2) is 8.26. The van der Waals surface area contributed by atoms with Crippen LogP contribution < -0.4 is 16.0 Å². The zero-order chi connectivity index (χ0) is 23.2. The van der Waals surface area contributed by atoms with Crippen LogP contribution in [0.4, 0.5) is 5.69 Å². The smallest absolute Gasteiger partial charge is 0.241 e. The van der Waals surface area contributed by atoms with Gasteiger partial charge in [0.15, 0.2) is 0 Å². The maximum absolute atomic E-state index is 14.2. The molecule has 0 radical (unpaired) electrons. The normalized spacial score (nSPS) is 24.4. The fraction of sp³-hybridized carbons (Fsp3) is 0.292. The second-order valence-corrected chi connectivity index (χ2v) is 9.09. The third kappa shape index (κ3) is 3.38. The van der Waals surface area contributed by atoms with E-state index in [1.54, 1.807) is 36.4 Å². The number of anilines is 1. The molecule has 2 heterocycles. The number of hydrogen-bond donors (Lipinski definition) is 2. The molecular formula is C24H23Cl2N3O3. The minimum absolute atomic E-state index is 0.0755. The first-order valence-corrected chi connectivity index (χ1v) is 11.1. The van der Waals surface area contributed by atoms with Crippen LogP contribution >= 0.6 is 23.2 Å². The van der Waals surface area contributed by atoms with Gasteiger partial charge in [0.2, 0.25) is 17.7 Å². The minimum Gasteiger partial charge on any atom is -0.368 e. The van der Waals surface area contributed by atoms with Crippen molar-refractivity contribution in [2.45, 2.75) is 37.1 Å². The van der Waals surface area contributed by atoms with Gasteiger partial charge >= 0.3 is 0 Å². The molecule has 0 aliphatic carbocycles. The van der Waals surface area contributed by atoms with Gasteiger partial charge in [-0.2, -0.15) is 0 Å². The van der Waals surface area contributed by atoms with Crippen LogP contribution in [0.1, 0.15) is 36.8 Å². The van der Waals surface area contributed by atoms with Gasteiger partial charge in [0.05, 0.1) is 11.7 Å². The van der Waals surface area contributed by atoms with Crippen molar-refractivity contribution in [3.8, 4) is 0 Å². The summed E-state index contributed by atoms with van der Waals surface area (Å²) in [6, 6.07) is 11.7. The molecule has 0 aromatic heterocycles. The van der Waals surface area contributed by atoms with Crippen LogP contribution in [0.25, 0.3) is 0 Å². The number of rotatable bonds is 5. The predicted molar refractivity (Wildman–Crippen MR) is 125 cm³/mol. The summed E-state index contributed by atoms with van der Waals surface area (Å²) in [6.45, 7) is 5.81. The lowest BCUT2D eigenvalue weighted by atomic mass is 9.59. The lowest BCUT2D eigenvalue weighted by Gasteiger charge is -2.47. The Labute approximate surface area is 196 Å². The summed E-state index contributed by atoms with van der Waals surface area (Å²) >= 11 is 12.5. The number of nitrogens with one attached hydrogen (secondary N) is 1. The first-order chi connectivity index (χ1) is 15.2. The number of hydrogen-bond acceptors (Lipinski definition) is 3. The summed E-state index contributed by atoms with van der Waals surface area (Å²) in [6.07, 6.45) is 0.632. The molecular weight excluding hydrogens is 449 g/mol. The van der Waals surface area contributed by atoms with Crippen LogP contribution in [0, 0.1) is 0 Å². The van der Waals surface area contributed by atoms with Crippen molar-refractivity contribution in [3.63, 3.8) is 0 Å². The first kappa shape index (κ1) is 22.4. The number of piperidine rings is 1. The van der Waals surface area contributed by atoms with Crippen molar-refractivity contribution in [3.05, 3.63) is 75.8 Å². The Kier molecular flexibility index (Phi) is 5.77. The highest BCUT2D eigenvalue weighted by Gasteiger charge is 2.63. The molecule has 1 spiro atoms. The molecule has 0 saturated carbocycles. The quantitative estimate of drug-likeness (QED) is 0.650. The molecule has 4 rings (SSSR count). The molecule has 6 nitrogen and oxygen atoms in total. The molecule has 2 aromatic rings. The Bertz CT molecular complexity index is 1150. The van der Waals surface area contributed by atoms with Gasteiger partial charge in [0.1, 0.15) is 12.0 Å². The van der Waals surface area contributed by atoms with E-state index in [2.05, 4.69) is 11.9 Å². The zero-order valence-electron chi connectivity index (χ0n) is 17.5. The lowest BCUT2D eigenvalue weighted by molar-refractivity contribution is -0.132. The highest BCUT2D eigenvalue weighted by Crippen LogP contribution is 2.56. The van der Waals surface area contributed by atoms with Crippen LogP contribution in [0.3, 0.4) is 0 Å². The summed E-state index contributed by atoms with van der Waals surface area (Å²) in [5.41, 5.74) is 6.92. The van der Waals surface area contributed by atoms with Crippen molar-refractivity contribution in [2.75, 3.05) is 11.4 Å². The third-order valence-corrected chi connectivity index (χ3v) is 6.89. The average Bonchev–Trinajstić information content (AvgIpc) is 2.97.